The van der Waals surface area contributed by atoms with Gasteiger partial charge >= 0.3 is 5.51 Å². The van der Waals surface area contributed by atoms with Crippen molar-refractivity contribution in [3.05, 3.63) is 34.6 Å². The van der Waals surface area contributed by atoms with Gasteiger partial charge in [-0.15, -0.1) is 0 Å². The second-order valence-electron chi connectivity index (χ2n) is 5.13. The smallest absolute Gasteiger partial charge is 0.339 e. The lowest BCUT2D eigenvalue weighted by molar-refractivity contribution is -0.130. The molecule has 1 saturated heterocycles. The molecule has 2 rings (SSSR count). The summed E-state index contributed by atoms with van der Waals surface area (Å²) in [6.07, 6.45) is 0. The molecule has 0 atom stereocenters. The maximum atomic E-state index is 13.0. The summed E-state index contributed by atoms with van der Waals surface area (Å²) in [6, 6.07) is 4.18. The molecular weight excluding hydrogens is 356 g/mol. The molecule has 1 heterocycles. The van der Waals surface area contributed by atoms with Crippen molar-refractivity contribution in [2.24, 2.45) is 0 Å². The molecule has 0 aromatic heterocycles. The Hall–Kier alpha value is -0.990. The van der Waals surface area contributed by atoms with E-state index in [1.54, 1.807) is 6.07 Å². The number of nitrogens with zero attached hydrogens (tertiary/aromatic N) is 2. The van der Waals surface area contributed by atoms with Gasteiger partial charge in [0.2, 0.25) is 5.91 Å². The molecule has 128 valence electrons. The molecule has 0 unspecified atom stereocenters. The van der Waals surface area contributed by atoms with E-state index in [2.05, 4.69) is 0 Å². The number of benzene rings is 1. The highest BCUT2D eigenvalue weighted by Crippen LogP contribution is 2.30. The summed E-state index contributed by atoms with van der Waals surface area (Å²) in [5, 5.41) is 0.338. The molecule has 0 spiro atoms. The third kappa shape index (κ3) is 5.86. The van der Waals surface area contributed by atoms with Gasteiger partial charge < -0.3 is 4.90 Å². The molecule has 0 radical (unpaired) electrons. The van der Waals surface area contributed by atoms with Crippen LogP contribution in [0.5, 0.6) is 0 Å². The molecule has 9 heteroatoms. The second kappa shape index (κ2) is 7.72. The molecule has 1 fully saturated rings. The number of rotatable bonds is 4. The fraction of sp³-hybridized carbons (Fsp3) is 0.500. The lowest BCUT2D eigenvalue weighted by Crippen LogP contribution is -2.49. The van der Waals surface area contributed by atoms with Crippen LogP contribution in [0.1, 0.15) is 5.56 Å². The third-order valence-corrected chi connectivity index (χ3v) is 4.56. The summed E-state index contributed by atoms with van der Waals surface area (Å²) in [7, 11) is 0. The Labute approximate surface area is 140 Å². The van der Waals surface area contributed by atoms with Gasteiger partial charge in [0.15, 0.2) is 0 Å². The highest BCUT2D eigenvalue weighted by Gasteiger charge is 2.31. The van der Waals surface area contributed by atoms with Crippen molar-refractivity contribution in [2.45, 2.75) is 12.1 Å². The van der Waals surface area contributed by atoms with Gasteiger partial charge in [0.1, 0.15) is 5.82 Å². The van der Waals surface area contributed by atoms with Gasteiger partial charge in [-0.1, -0.05) is 17.7 Å². The molecule has 1 aromatic rings. The maximum Gasteiger partial charge on any atom is 0.442 e. The molecule has 0 saturated carbocycles. The van der Waals surface area contributed by atoms with Gasteiger partial charge in [0.25, 0.3) is 0 Å². The highest BCUT2D eigenvalue weighted by atomic mass is 35.5. The van der Waals surface area contributed by atoms with Gasteiger partial charge in [0.05, 0.1) is 5.75 Å². The van der Waals surface area contributed by atoms with E-state index < -0.39 is 23.0 Å². The Morgan fingerprint density at radius 2 is 1.87 bits per heavy atom. The highest BCUT2D eigenvalue weighted by molar-refractivity contribution is 8.00. The number of thioether (sulfide) groups is 1. The zero-order valence-electron chi connectivity index (χ0n) is 12.1. The number of piperazine rings is 1. The predicted octanol–water partition coefficient (Wildman–Crippen LogP) is 3.38. The van der Waals surface area contributed by atoms with E-state index in [0.717, 1.165) is 5.56 Å². The summed E-state index contributed by atoms with van der Waals surface area (Å²) in [6.45, 7) is 2.33. The minimum absolute atomic E-state index is 0.316. The zero-order chi connectivity index (χ0) is 17.0. The van der Waals surface area contributed by atoms with Crippen LogP contribution in [-0.2, 0) is 11.3 Å². The Kier molecular flexibility index (Phi) is 6.16. The monoisotopic (exact) mass is 370 g/mol. The first-order chi connectivity index (χ1) is 10.7. The number of hydrogen-bond donors (Lipinski definition) is 0. The first-order valence-corrected chi connectivity index (χ1v) is 8.26. The fourth-order valence-corrected chi connectivity index (χ4v) is 2.98. The van der Waals surface area contributed by atoms with Crippen LogP contribution < -0.4 is 0 Å². The first-order valence-electron chi connectivity index (χ1n) is 6.89. The van der Waals surface area contributed by atoms with E-state index in [-0.39, 0.29) is 11.8 Å². The molecule has 1 amide bonds. The van der Waals surface area contributed by atoms with Crippen molar-refractivity contribution in [3.8, 4) is 0 Å². The maximum absolute atomic E-state index is 13.0. The van der Waals surface area contributed by atoms with E-state index in [1.165, 1.54) is 17.0 Å². The van der Waals surface area contributed by atoms with Crippen LogP contribution in [0, 0.1) is 5.82 Å². The molecule has 3 nitrogen and oxygen atoms in total. The molecule has 23 heavy (non-hydrogen) atoms. The molecule has 0 N–H and O–H groups in total. The number of halogens is 5. The zero-order valence-corrected chi connectivity index (χ0v) is 13.6. The van der Waals surface area contributed by atoms with Gasteiger partial charge in [-0.25, -0.2) is 4.39 Å². The summed E-state index contributed by atoms with van der Waals surface area (Å²) >= 11 is 5.66. The second-order valence-corrected chi connectivity index (χ2v) is 6.57. The largest absolute Gasteiger partial charge is 0.442 e. The van der Waals surface area contributed by atoms with Crippen molar-refractivity contribution >= 4 is 29.3 Å². The van der Waals surface area contributed by atoms with Crippen LogP contribution in [0.15, 0.2) is 18.2 Å². The van der Waals surface area contributed by atoms with Gasteiger partial charge in [-0.3, -0.25) is 9.69 Å². The Balaban J connectivity index is 1.80. The molecule has 1 aliphatic rings. The number of alkyl halides is 3. The quantitative estimate of drug-likeness (QED) is 0.759. The van der Waals surface area contributed by atoms with Gasteiger partial charge in [0, 0.05) is 37.7 Å². The summed E-state index contributed by atoms with van der Waals surface area (Å²) in [4.78, 5) is 15.2. The van der Waals surface area contributed by atoms with Crippen LogP contribution in [0.2, 0.25) is 5.02 Å². The lowest BCUT2D eigenvalue weighted by atomic mass is 10.2. The van der Waals surface area contributed by atoms with E-state index in [4.69, 9.17) is 11.6 Å². The SMILES string of the molecule is O=C(CSC(F)(F)F)N1CCN(Cc2ccc(F)cc2Cl)CC1. The van der Waals surface area contributed by atoms with E-state index >= 15 is 0 Å². The average Bonchev–Trinajstić information content (AvgIpc) is 2.48. The first kappa shape index (κ1) is 18.4. The number of amides is 1. The summed E-state index contributed by atoms with van der Waals surface area (Å²) < 4.78 is 49.3. The van der Waals surface area contributed by atoms with Gasteiger partial charge in [-0.2, -0.15) is 13.2 Å². The number of carbonyl (C=O) groups is 1. The molecule has 1 aromatic carbocycles. The fourth-order valence-electron chi connectivity index (χ4n) is 2.28. The summed E-state index contributed by atoms with van der Waals surface area (Å²) in [5.74, 6) is -1.50. The minimum atomic E-state index is -4.39. The van der Waals surface area contributed by atoms with Crippen molar-refractivity contribution in [2.75, 3.05) is 31.9 Å². The molecule has 0 bridgehead atoms. The minimum Gasteiger partial charge on any atom is -0.339 e. The normalized spacial score (nSPS) is 16.7. The van der Waals surface area contributed by atoms with Crippen LogP contribution in [-0.4, -0.2) is 53.1 Å². The Bertz CT molecular complexity index is 562. The van der Waals surface area contributed by atoms with Crippen LogP contribution in [0.4, 0.5) is 17.6 Å². The van der Waals surface area contributed by atoms with Crippen molar-refractivity contribution < 1.29 is 22.4 Å². The van der Waals surface area contributed by atoms with E-state index in [1.807, 2.05) is 4.90 Å². The van der Waals surface area contributed by atoms with Crippen LogP contribution in [0.3, 0.4) is 0 Å². The van der Waals surface area contributed by atoms with Crippen LogP contribution in [0.25, 0.3) is 0 Å². The van der Waals surface area contributed by atoms with Crippen molar-refractivity contribution in [1.82, 2.24) is 9.80 Å². The number of hydrogen-bond acceptors (Lipinski definition) is 3. The Morgan fingerprint density at radius 3 is 2.43 bits per heavy atom. The lowest BCUT2D eigenvalue weighted by Gasteiger charge is -2.35. The standard InChI is InChI=1S/C14H15ClF4N2OS/c15-12-7-11(16)2-1-10(12)8-20-3-5-21(6-4-20)13(22)9-23-14(17,18)19/h1-2,7H,3-6,8-9H2. The predicted molar refractivity (Wildman–Crippen MR) is 81.8 cm³/mol. The topological polar surface area (TPSA) is 23.6 Å². The molecular formula is C14H15ClF4N2OS. The van der Waals surface area contributed by atoms with Crippen LogP contribution >= 0.6 is 23.4 Å². The number of carbonyl (C=O) groups excluding carboxylic acids is 1. The third-order valence-electron chi connectivity index (χ3n) is 3.49. The average molecular weight is 371 g/mol. The molecule has 0 aliphatic carbocycles. The van der Waals surface area contributed by atoms with Gasteiger partial charge in [-0.05, 0) is 29.5 Å². The molecule has 1 aliphatic heterocycles. The van der Waals surface area contributed by atoms with Crippen molar-refractivity contribution in [3.63, 3.8) is 0 Å². The van der Waals surface area contributed by atoms with Crippen molar-refractivity contribution in [1.29, 1.82) is 0 Å². The summed E-state index contributed by atoms with van der Waals surface area (Å²) in [5.41, 5.74) is -3.61. The Morgan fingerprint density at radius 1 is 1.22 bits per heavy atom. The van der Waals surface area contributed by atoms with E-state index in [0.29, 0.717) is 37.7 Å². The van der Waals surface area contributed by atoms with E-state index in [9.17, 15) is 22.4 Å².